The Bertz CT molecular complexity index is 623. The highest BCUT2D eigenvalue weighted by molar-refractivity contribution is 5.92. The third-order valence-electron chi connectivity index (χ3n) is 6.19. The molecule has 0 unspecified atom stereocenters. The number of β-lactam (4-membered cyclic amide) rings is 1. The second-order valence-electron chi connectivity index (χ2n) is 8.20. The summed E-state index contributed by atoms with van der Waals surface area (Å²) in [4.78, 5) is 30.1. The summed E-state index contributed by atoms with van der Waals surface area (Å²) in [7, 11) is 0. The largest absolute Gasteiger partial charge is 0.343 e. The smallest absolute Gasteiger partial charge is 0.229 e. The Labute approximate surface area is 171 Å². The Balaban J connectivity index is 2.19. The molecule has 2 rings (SSSR count). The van der Waals surface area contributed by atoms with E-state index in [0.717, 1.165) is 63.7 Å². The second-order valence-corrected chi connectivity index (χ2v) is 8.20. The average molecular weight is 387 g/mol. The molecule has 0 spiro atoms. The van der Waals surface area contributed by atoms with Crippen molar-refractivity contribution in [2.45, 2.75) is 78.2 Å². The third kappa shape index (κ3) is 4.76. The van der Waals surface area contributed by atoms with Crippen LogP contribution in [0, 0.1) is 5.92 Å². The fourth-order valence-corrected chi connectivity index (χ4v) is 4.22. The molecule has 0 aromatic heterocycles. The molecule has 0 bridgehead atoms. The molecule has 2 atom stereocenters. The standard InChI is InChI=1S/C24H38N2O2/c1-5-8-16-25(17-9-6-2)22(27)19-21-23(28)26(18-10-7-3)24(21,4)20-14-12-11-13-15-20/h11-15,21H,5-10,16-19H2,1-4H3/t21-,24+/m1/s1. The van der Waals surface area contributed by atoms with Crippen LogP contribution in [0.1, 0.15) is 78.2 Å². The van der Waals surface area contributed by atoms with Crippen LogP contribution in [0.3, 0.4) is 0 Å². The molecule has 0 saturated carbocycles. The van der Waals surface area contributed by atoms with E-state index in [9.17, 15) is 9.59 Å². The van der Waals surface area contributed by atoms with Crippen LogP contribution in [0.4, 0.5) is 0 Å². The molecule has 0 radical (unpaired) electrons. The minimum absolute atomic E-state index is 0.137. The van der Waals surface area contributed by atoms with Gasteiger partial charge in [-0.1, -0.05) is 70.4 Å². The van der Waals surface area contributed by atoms with Crippen molar-refractivity contribution in [3.63, 3.8) is 0 Å². The van der Waals surface area contributed by atoms with Gasteiger partial charge in [0.1, 0.15) is 0 Å². The molecule has 1 heterocycles. The number of benzene rings is 1. The van der Waals surface area contributed by atoms with Gasteiger partial charge in [0.25, 0.3) is 0 Å². The van der Waals surface area contributed by atoms with E-state index in [1.807, 2.05) is 28.0 Å². The first-order chi connectivity index (χ1) is 13.5. The van der Waals surface area contributed by atoms with Gasteiger partial charge < -0.3 is 9.80 Å². The second kappa shape index (κ2) is 10.6. The maximum atomic E-state index is 13.1. The van der Waals surface area contributed by atoms with Crippen LogP contribution in [0.2, 0.25) is 0 Å². The Morgan fingerprint density at radius 2 is 1.57 bits per heavy atom. The summed E-state index contributed by atoms with van der Waals surface area (Å²) in [6.45, 7) is 11.0. The van der Waals surface area contributed by atoms with Gasteiger partial charge in [-0.05, 0) is 31.7 Å². The van der Waals surface area contributed by atoms with E-state index < -0.39 is 0 Å². The number of unbranched alkanes of at least 4 members (excludes halogenated alkanes) is 3. The number of carbonyl (C=O) groups is 2. The van der Waals surface area contributed by atoms with Gasteiger partial charge in [0.2, 0.25) is 11.8 Å². The van der Waals surface area contributed by atoms with E-state index >= 15 is 0 Å². The van der Waals surface area contributed by atoms with Gasteiger partial charge in [0, 0.05) is 26.1 Å². The van der Waals surface area contributed by atoms with Crippen LogP contribution in [0.15, 0.2) is 30.3 Å². The summed E-state index contributed by atoms with van der Waals surface area (Å²) in [6, 6.07) is 10.2. The van der Waals surface area contributed by atoms with Crippen molar-refractivity contribution in [3.8, 4) is 0 Å². The van der Waals surface area contributed by atoms with Crippen molar-refractivity contribution in [1.82, 2.24) is 9.80 Å². The molecule has 1 aliphatic rings. The van der Waals surface area contributed by atoms with Gasteiger partial charge in [-0.25, -0.2) is 0 Å². The first kappa shape index (κ1) is 22.4. The minimum atomic E-state index is -0.385. The van der Waals surface area contributed by atoms with E-state index in [1.165, 1.54) is 0 Å². The fraction of sp³-hybridized carbons (Fsp3) is 0.667. The molecule has 28 heavy (non-hydrogen) atoms. The lowest BCUT2D eigenvalue weighted by Gasteiger charge is -2.56. The topological polar surface area (TPSA) is 40.6 Å². The SMILES string of the molecule is CCCCN(CCCC)C(=O)C[C@@H]1C(=O)N(CCCC)[C@@]1(C)c1ccccc1. The van der Waals surface area contributed by atoms with Crippen LogP contribution >= 0.6 is 0 Å². The zero-order valence-electron chi connectivity index (χ0n) is 18.2. The number of carbonyl (C=O) groups excluding carboxylic acids is 2. The molecule has 1 aromatic rings. The molecule has 0 aliphatic carbocycles. The van der Waals surface area contributed by atoms with Crippen molar-refractivity contribution in [2.24, 2.45) is 5.92 Å². The first-order valence-corrected chi connectivity index (χ1v) is 11.1. The van der Waals surface area contributed by atoms with Crippen LogP contribution < -0.4 is 0 Å². The summed E-state index contributed by atoms with van der Waals surface area (Å²) in [5, 5.41) is 0. The first-order valence-electron chi connectivity index (χ1n) is 11.1. The maximum Gasteiger partial charge on any atom is 0.229 e. The lowest BCUT2D eigenvalue weighted by molar-refractivity contribution is -0.174. The Morgan fingerprint density at radius 3 is 2.11 bits per heavy atom. The lowest BCUT2D eigenvalue weighted by atomic mass is 9.68. The molecule has 1 aliphatic heterocycles. The quantitative estimate of drug-likeness (QED) is 0.475. The summed E-state index contributed by atoms with van der Waals surface area (Å²) >= 11 is 0. The Kier molecular flexibility index (Phi) is 8.53. The van der Waals surface area contributed by atoms with Gasteiger partial charge in [-0.2, -0.15) is 0 Å². The van der Waals surface area contributed by atoms with Crippen LogP contribution in [0.5, 0.6) is 0 Å². The summed E-state index contributed by atoms with van der Waals surface area (Å²) < 4.78 is 0. The van der Waals surface area contributed by atoms with Gasteiger partial charge in [0.05, 0.1) is 11.5 Å². The number of hydrogen-bond acceptors (Lipinski definition) is 2. The molecule has 156 valence electrons. The van der Waals surface area contributed by atoms with E-state index in [1.54, 1.807) is 0 Å². The summed E-state index contributed by atoms with van der Waals surface area (Å²) in [5.41, 5.74) is 0.752. The van der Waals surface area contributed by atoms with Gasteiger partial charge >= 0.3 is 0 Å². The zero-order valence-corrected chi connectivity index (χ0v) is 18.2. The zero-order chi connectivity index (χ0) is 20.6. The molecule has 1 saturated heterocycles. The van der Waals surface area contributed by atoms with Crippen molar-refractivity contribution in [2.75, 3.05) is 19.6 Å². The highest BCUT2D eigenvalue weighted by Gasteiger charge is 2.57. The normalized spacial score (nSPS) is 21.5. The van der Waals surface area contributed by atoms with Gasteiger partial charge in [0.15, 0.2) is 0 Å². The van der Waals surface area contributed by atoms with Gasteiger partial charge in [-0.3, -0.25) is 9.59 Å². The molecular weight excluding hydrogens is 348 g/mol. The fourth-order valence-electron chi connectivity index (χ4n) is 4.22. The van der Waals surface area contributed by atoms with Crippen molar-refractivity contribution >= 4 is 11.8 Å². The highest BCUT2D eigenvalue weighted by Crippen LogP contribution is 2.48. The Morgan fingerprint density at radius 1 is 1.00 bits per heavy atom. The average Bonchev–Trinajstić information content (AvgIpc) is 2.72. The van der Waals surface area contributed by atoms with E-state index in [0.29, 0.717) is 6.42 Å². The molecule has 1 fully saturated rings. The number of likely N-dealkylation sites (tertiary alicyclic amines) is 1. The van der Waals surface area contributed by atoms with Crippen molar-refractivity contribution in [3.05, 3.63) is 35.9 Å². The molecule has 4 heteroatoms. The monoisotopic (exact) mass is 386 g/mol. The van der Waals surface area contributed by atoms with E-state index in [-0.39, 0.29) is 23.3 Å². The predicted molar refractivity (Wildman–Crippen MR) is 115 cm³/mol. The van der Waals surface area contributed by atoms with Crippen LogP contribution in [-0.4, -0.2) is 41.2 Å². The number of nitrogens with zero attached hydrogens (tertiary/aromatic N) is 2. The number of rotatable bonds is 12. The molecular formula is C24H38N2O2. The van der Waals surface area contributed by atoms with Crippen molar-refractivity contribution in [1.29, 1.82) is 0 Å². The van der Waals surface area contributed by atoms with Crippen LogP contribution in [0.25, 0.3) is 0 Å². The number of hydrogen-bond donors (Lipinski definition) is 0. The lowest BCUT2D eigenvalue weighted by Crippen LogP contribution is -2.67. The summed E-state index contributed by atoms with van der Waals surface area (Å²) in [5.74, 6) is 0.0154. The van der Waals surface area contributed by atoms with E-state index in [4.69, 9.17) is 0 Å². The highest BCUT2D eigenvalue weighted by atomic mass is 16.2. The van der Waals surface area contributed by atoms with Gasteiger partial charge in [-0.15, -0.1) is 0 Å². The third-order valence-corrected chi connectivity index (χ3v) is 6.19. The van der Waals surface area contributed by atoms with E-state index in [2.05, 4.69) is 39.8 Å². The number of amides is 2. The van der Waals surface area contributed by atoms with Crippen molar-refractivity contribution < 1.29 is 9.59 Å². The minimum Gasteiger partial charge on any atom is -0.343 e. The molecule has 0 N–H and O–H groups in total. The summed E-state index contributed by atoms with van der Waals surface area (Å²) in [6.07, 6.45) is 6.56. The maximum absolute atomic E-state index is 13.1. The van der Waals surface area contributed by atoms with Crippen LogP contribution in [-0.2, 0) is 15.1 Å². The Hall–Kier alpha value is -1.84. The molecule has 1 aromatic carbocycles. The predicted octanol–water partition coefficient (Wildman–Crippen LogP) is 4.98. The molecule has 2 amide bonds. The molecule has 4 nitrogen and oxygen atoms in total.